The summed E-state index contributed by atoms with van der Waals surface area (Å²) in [6.45, 7) is 3.05. The second-order valence-corrected chi connectivity index (χ2v) is 3.62. The molecule has 0 aliphatic heterocycles. The van der Waals surface area contributed by atoms with Gasteiger partial charge in [0.25, 0.3) is 0 Å². The average Bonchev–Trinajstić information content (AvgIpc) is 1.83. The van der Waals surface area contributed by atoms with E-state index >= 15 is 0 Å². The molecule has 1 aromatic carbocycles. The van der Waals surface area contributed by atoms with Crippen LogP contribution in [0.15, 0.2) is 18.2 Å². The second-order valence-electron chi connectivity index (χ2n) is 3.18. The lowest BCUT2D eigenvalue weighted by molar-refractivity contribution is 0.0745. The Hall–Kier alpha value is -0.600. The molecule has 1 rings (SSSR count). The van der Waals surface area contributed by atoms with Crippen molar-refractivity contribution in [1.29, 1.82) is 0 Å². The van der Waals surface area contributed by atoms with Gasteiger partial charge in [0.2, 0.25) is 0 Å². The van der Waals surface area contributed by atoms with Crippen molar-refractivity contribution in [1.82, 2.24) is 0 Å². The summed E-state index contributed by atoms with van der Waals surface area (Å²) in [6, 6.07) is 4.23. The topological polar surface area (TPSA) is 20.2 Å². The zero-order valence-electron chi connectivity index (χ0n) is 6.94. The molecule has 66 valence electrons. The number of hydrogen-bond donors (Lipinski definition) is 1. The number of hydrogen-bond acceptors (Lipinski definition) is 1. The fourth-order valence-corrected chi connectivity index (χ4v) is 1.14. The standard InChI is InChI=1S/C9H10ClFO/c1-9(2,12)7-4-3-6(10)5-8(7)11/h3-5,12H,1-2H3. The zero-order valence-corrected chi connectivity index (χ0v) is 7.69. The van der Waals surface area contributed by atoms with Crippen molar-refractivity contribution < 1.29 is 9.50 Å². The van der Waals surface area contributed by atoms with E-state index in [1.165, 1.54) is 26.0 Å². The highest BCUT2D eigenvalue weighted by Crippen LogP contribution is 2.24. The third-order valence-corrected chi connectivity index (χ3v) is 1.83. The molecule has 0 atom stereocenters. The minimum absolute atomic E-state index is 0.256. The molecule has 0 spiro atoms. The predicted molar refractivity (Wildman–Crippen MR) is 46.7 cm³/mol. The molecule has 0 bridgehead atoms. The third kappa shape index (κ3) is 1.96. The molecule has 1 N–H and O–H groups in total. The summed E-state index contributed by atoms with van der Waals surface area (Å²) in [6.07, 6.45) is 0. The SMILES string of the molecule is CC(C)(O)c1ccc(Cl)cc1F. The summed E-state index contributed by atoms with van der Waals surface area (Å²) in [5, 5.41) is 9.81. The summed E-state index contributed by atoms with van der Waals surface area (Å²) in [5.41, 5.74) is -0.902. The summed E-state index contributed by atoms with van der Waals surface area (Å²) >= 11 is 5.55. The van der Waals surface area contributed by atoms with Gasteiger partial charge in [0, 0.05) is 10.6 Å². The molecule has 1 aromatic rings. The van der Waals surface area contributed by atoms with E-state index in [1.807, 2.05) is 0 Å². The summed E-state index contributed by atoms with van der Waals surface area (Å²) in [7, 11) is 0. The van der Waals surface area contributed by atoms with Crippen molar-refractivity contribution in [3.05, 3.63) is 34.6 Å². The predicted octanol–water partition coefficient (Wildman–Crippen LogP) is 2.71. The Bertz CT molecular complexity index is 291. The van der Waals surface area contributed by atoms with Crippen LogP contribution in [-0.2, 0) is 5.60 Å². The van der Waals surface area contributed by atoms with Crippen molar-refractivity contribution in [2.45, 2.75) is 19.4 Å². The van der Waals surface area contributed by atoms with E-state index in [1.54, 1.807) is 6.07 Å². The van der Waals surface area contributed by atoms with Crippen molar-refractivity contribution in [2.24, 2.45) is 0 Å². The van der Waals surface area contributed by atoms with Crippen LogP contribution in [0.4, 0.5) is 4.39 Å². The molecule has 0 saturated carbocycles. The highest BCUT2D eigenvalue weighted by Gasteiger charge is 2.19. The Morgan fingerprint density at radius 1 is 1.42 bits per heavy atom. The van der Waals surface area contributed by atoms with E-state index in [-0.39, 0.29) is 5.56 Å². The van der Waals surface area contributed by atoms with Gasteiger partial charge in [-0.3, -0.25) is 0 Å². The maximum Gasteiger partial charge on any atom is 0.130 e. The van der Waals surface area contributed by atoms with E-state index in [2.05, 4.69) is 0 Å². The average molecular weight is 189 g/mol. The summed E-state index contributed by atoms with van der Waals surface area (Å²) in [5.74, 6) is -0.477. The smallest absolute Gasteiger partial charge is 0.130 e. The van der Waals surface area contributed by atoms with Gasteiger partial charge in [0.05, 0.1) is 5.60 Å². The summed E-state index contributed by atoms with van der Waals surface area (Å²) < 4.78 is 13.1. The first-order chi connectivity index (χ1) is 5.41. The van der Waals surface area contributed by atoms with Crippen LogP contribution in [0.5, 0.6) is 0 Å². The van der Waals surface area contributed by atoms with Gasteiger partial charge in [-0.15, -0.1) is 0 Å². The van der Waals surface area contributed by atoms with E-state index in [4.69, 9.17) is 11.6 Å². The monoisotopic (exact) mass is 188 g/mol. The van der Waals surface area contributed by atoms with Crippen LogP contribution in [0.3, 0.4) is 0 Å². The van der Waals surface area contributed by atoms with Gasteiger partial charge in [-0.25, -0.2) is 4.39 Å². The van der Waals surface area contributed by atoms with Crippen LogP contribution in [0.25, 0.3) is 0 Å². The molecule has 0 aliphatic rings. The lowest BCUT2D eigenvalue weighted by atomic mass is 9.98. The number of rotatable bonds is 1. The molecule has 0 amide bonds. The normalized spacial score (nSPS) is 11.8. The second kappa shape index (κ2) is 3.04. The molecule has 0 unspecified atom stereocenters. The lowest BCUT2D eigenvalue weighted by Crippen LogP contribution is -2.17. The minimum Gasteiger partial charge on any atom is -0.386 e. The molecule has 3 heteroatoms. The van der Waals surface area contributed by atoms with Crippen LogP contribution >= 0.6 is 11.6 Å². The van der Waals surface area contributed by atoms with Crippen molar-refractivity contribution in [3.63, 3.8) is 0 Å². The highest BCUT2D eigenvalue weighted by atomic mass is 35.5. The van der Waals surface area contributed by atoms with Gasteiger partial charge in [-0.2, -0.15) is 0 Å². The van der Waals surface area contributed by atoms with E-state index in [9.17, 15) is 9.50 Å². The van der Waals surface area contributed by atoms with Gasteiger partial charge < -0.3 is 5.11 Å². The Kier molecular flexibility index (Phi) is 2.40. The van der Waals surface area contributed by atoms with Crippen LogP contribution in [0, 0.1) is 5.82 Å². The molecule has 12 heavy (non-hydrogen) atoms. The fraction of sp³-hybridized carbons (Fsp3) is 0.333. The van der Waals surface area contributed by atoms with Gasteiger partial charge >= 0.3 is 0 Å². The molecule has 1 nitrogen and oxygen atoms in total. The largest absolute Gasteiger partial charge is 0.386 e. The van der Waals surface area contributed by atoms with Crippen molar-refractivity contribution in [2.75, 3.05) is 0 Å². The highest BCUT2D eigenvalue weighted by molar-refractivity contribution is 6.30. The molecule has 0 radical (unpaired) electrons. The van der Waals surface area contributed by atoms with Crippen molar-refractivity contribution >= 4 is 11.6 Å². The molecular formula is C9H10ClFO. The van der Waals surface area contributed by atoms with Gasteiger partial charge in [-0.1, -0.05) is 17.7 Å². The Morgan fingerprint density at radius 2 is 2.00 bits per heavy atom. The van der Waals surface area contributed by atoms with Crippen molar-refractivity contribution in [3.8, 4) is 0 Å². The van der Waals surface area contributed by atoms with E-state index < -0.39 is 11.4 Å². The van der Waals surface area contributed by atoms with Gasteiger partial charge in [0.1, 0.15) is 5.82 Å². The first-order valence-electron chi connectivity index (χ1n) is 3.59. The maximum absolute atomic E-state index is 13.1. The van der Waals surface area contributed by atoms with Crippen LogP contribution in [0.1, 0.15) is 19.4 Å². The van der Waals surface area contributed by atoms with Crippen LogP contribution in [0.2, 0.25) is 5.02 Å². The Balaban J connectivity index is 3.19. The first kappa shape index (κ1) is 9.49. The van der Waals surface area contributed by atoms with Gasteiger partial charge in [-0.05, 0) is 26.0 Å². The quantitative estimate of drug-likeness (QED) is 0.719. The molecule has 0 aliphatic carbocycles. The van der Waals surface area contributed by atoms with Crippen LogP contribution < -0.4 is 0 Å². The fourth-order valence-electron chi connectivity index (χ4n) is 0.986. The van der Waals surface area contributed by atoms with E-state index in [0.29, 0.717) is 5.02 Å². The van der Waals surface area contributed by atoms with Gasteiger partial charge in [0.15, 0.2) is 0 Å². The Labute approximate surface area is 75.8 Å². The Morgan fingerprint density at radius 3 is 2.42 bits per heavy atom. The first-order valence-corrected chi connectivity index (χ1v) is 3.97. The third-order valence-electron chi connectivity index (χ3n) is 1.59. The lowest BCUT2D eigenvalue weighted by Gasteiger charge is -2.18. The molecule has 0 heterocycles. The molecule has 0 aromatic heterocycles. The number of benzene rings is 1. The zero-order chi connectivity index (χ0) is 9.35. The number of halogens is 2. The minimum atomic E-state index is -1.16. The van der Waals surface area contributed by atoms with Crippen LogP contribution in [-0.4, -0.2) is 5.11 Å². The van der Waals surface area contributed by atoms with E-state index in [0.717, 1.165) is 0 Å². The molecule has 0 saturated heterocycles. The number of aliphatic hydroxyl groups is 1. The summed E-state index contributed by atoms with van der Waals surface area (Å²) in [4.78, 5) is 0. The maximum atomic E-state index is 13.1. The molecule has 0 fully saturated rings. The molecular weight excluding hydrogens is 179 g/mol.